The molecule has 0 fully saturated rings. The van der Waals surface area contributed by atoms with Crippen molar-refractivity contribution in [1.82, 2.24) is 29.7 Å². The first-order valence-corrected chi connectivity index (χ1v) is 11.7. The van der Waals surface area contributed by atoms with Crippen LogP contribution in [0.3, 0.4) is 0 Å². The summed E-state index contributed by atoms with van der Waals surface area (Å²) in [6, 6.07) is 10.3. The summed E-state index contributed by atoms with van der Waals surface area (Å²) < 4.78 is 2.92. The molecule has 0 saturated carbocycles. The van der Waals surface area contributed by atoms with Crippen LogP contribution < -0.4 is 0 Å². The second kappa shape index (κ2) is 13.5. The Hall–Kier alpha value is -1.85. The average molecular weight is 631 g/mol. The van der Waals surface area contributed by atoms with Gasteiger partial charge in [-0.1, -0.05) is 58.5 Å². The Bertz CT molecular complexity index is 1230. The van der Waals surface area contributed by atoms with Gasteiger partial charge < -0.3 is 25.3 Å². The molecule has 2 heterocycles. The normalized spacial score (nSPS) is 10.9. The van der Waals surface area contributed by atoms with E-state index >= 15 is 0 Å². The van der Waals surface area contributed by atoms with Gasteiger partial charge in [-0.2, -0.15) is 20.4 Å². The summed E-state index contributed by atoms with van der Waals surface area (Å²) in [7, 11) is 0. The molecule has 8 nitrogen and oxygen atoms in total. The summed E-state index contributed by atoms with van der Waals surface area (Å²) in [5.74, 6) is 1.24. The Balaban J connectivity index is 0.000000240. The standard InChI is InChI=1S/2C10H8Cl2N4S.Ni/c2*1-6-14-15-10(17)16(6)13-5-7-2-3-8(11)4-9(7)12;/h2*2-5H,1H3,(H,15,17);/q;;+2/p-2. The number of benzene rings is 2. The molecule has 0 N–H and O–H groups in total. The van der Waals surface area contributed by atoms with Gasteiger partial charge >= 0.3 is 16.5 Å². The summed E-state index contributed by atoms with van der Waals surface area (Å²) in [6.07, 6.45) is 3.18. The van der Waals surface area contributed by atoms with Crippen LogP contribution in [0.4, 0.5) is 0 Å². The van der Waals surface area contributed by atoms with Gasteiger partial charge in [0.1, 0.15) is 11.6 Å². The van der Waals surface area contributed by atoms with Crippen LogP contribution in [0.25, 0.3) is 0 Å². The van der Waals surface area contributed by atoms with E-state index in [0.717, 1.165) is 11.1 Å². The van der Waals surface area contributed by atoms with Gasteiger partial charge in [-0.05, 0) is 38.1 Å². The Labute approximate surface area is 242 Å². The quantitative estimate of drug-likeness (QED) is 0.172. The van der Waals surface area contributed by atoms with E-state index in [1.165, 1.54) is 9.35 Å². The average Bonchev–Trinajstić information content (AvgIpc) is 3.28. The fraction of sp³-hybridized carbons (Fsp3) is 0.100. The Kier molecular flexibility index (Phi) is 11.3. The number of nitrogens with zero attached hydrogens (tertiary/aromatic N) is 8. The Morgan fingerprint density at radius 1 is 0.686 bits per heavy atom. The summed E-state index contributed by atoms with van der Waals surface area (Å²) in [5.41, 5.74) is 1.50. The monoisotopic (exact) mass is 628 g/mol. The number of rotatable bonds is 4. The van der Waals surface area contributed by atoms with E-state index in [-0.39, 0.29) is 16.5 Å². The van der Waals surface area contributed by atoms with E-state index in [1.54, 1.807) is 62.7 Å². The van der Waals surface area contributed by atoms with Gasteiger partial charge in [-0.15, -0.1) is 10.2 Å². The van der Waals surface area contributed by atoms with Gasteiger partial charge in [-0.25, -0.2) is 9.35 Å². The van der Waals surface area contributed by atoms with E-state index < -0.39 is 0 Å². The second-order valence-electron chi connectivity index (χ2n) is 6.50. The minimum absolute atomic E-state index is 0. The van der Waals surface area contributed by atoms with Crippen LogP contribution in [0.1, 0.15) is 22.8 Å². The molecule has 0 amide bonds. The van der Waals surface area contributed by atoms with Crippen molar-refractivity contribution in [2.24, 2.45) is 10.2 Å². The summed E-state index contributed by atoms with van der Waals surface area (Å²) in [6.45, 7) is 3.53. The SMILES string of the molecule is Cc1nnc([S-])n1N=Cc1ccc(Cl)cc1Cl.Cc1nnc([S-])n1N=Cc1ccc(Cl)cc1Cl.[Ni+2]. The third-order valence-electron chi connectivity index (χ3n) is 4.09. The third-order valence-corrected chi connectivity index (χ3v) is 5.72. The topological polar surface area (TPSA) is 86.1 Å². The zero-order chi connectivity index (χ0) is 24.8. The van der Waals surface area contributed by atoms with E-state index in [0.29, 0.717) is 42.1 Å². The Morgan fingerprint density at radius 2 is 1.06 bits per heavy atom. The molecule has 2 aromatic carbocycles. The van der Waals surface area contributed by atoms with Gasteiger partial charge in [-0.3, -0.25) is 0 Å². The minimum Gasteiger partial charge on any atom is -0.738 e. The molecule has 0 radical (unpaired) electrons. The van der Waals surface area contributed by atoms with Crippen molar-refractivity contribution >= 4 is 84.1 Å². The molecular formula is C20H14Cl4N8NiS2. The van der Waals surface area contributed by atoms with E-state index in [2.05, 4.69) is 30.6 Å². The van der Waals surface area contributed by atoms with Crippen LogP contribution in [-0.2, 0) is 41.7 Å². The molecule has 0 aliphatic carbocycles. The molecule has 4 aromatic rings. The molecule has 0 spiro atoms. The first-order chi connectivity index (χ1) is 16.2. The Morgan fingerprint density at radius 3 is 1.34 bits per heavy atom. The maximum absolute atomic E-state index is 6.01. The number of hydrogen-bond donors (Lipinski definition) is 0. The van der Waals surface area contributed by atoms with Gasteiger partial charge in [0.25, 0.3) is 0 Å². The van der Waals surface area contributed by atoms with Crippen molar-refractivity contribution in [3.8, 4) is 0 Å². The first-order valence-electron chi connectivity index (χ1n) is 9.32. The molecule has 4 rings (SSSR count). The molecule has 35 heavy (non-hydrogen) atoms. The third kappa shape index (κ3) is 8.08. The molecular weight excluding hydrogens is 617 g/mol. The van der Waals surface area contributed by atoms with Crippen LogP contribution >= 0.6 is 46.4 Å². The number of aromatic nitrogens is 6. The maximum Gasteiger partial charge on any atom is 2.00 e. The molecule has 0 bridgehead atoms. The van der Waals surface area contributed by atoms with Crippen LogP contribution in [0.5, 0.6) is 0 Å². The maximum atomic E-state index is 6.01. The van der Waals surface area contributed by atoms with Crippen molar-refractivity contribution in [3.05, 3.63) is 79.3 Å². The largest absolute Gasteiger partial charge is 2.00 e. The molecule has 15 heteroatoms. The number of hydrogen-bond acceptors (Lipinski definition) is 8. The minimum atomic E-state index is 0. The fourth-order valence-electron chi connectivity index (χ4n) is 2.39. The van der Waals surface area contributed by atoms with Crippen LogP contribution in [0, 0.1) is 13.8 Å². The number of aryl methyl sites for hydroxylation is 2. The molecule has 0 atom stereocenters. The van der Waals surface area contributed by atoms with Crippen LogP contribution in [-0.4, -0.2) is 42.2 Å². The smallest absolute Gasteiger partial charge is 0.738 e. The van der Waals surface area contributed by atoms with Crippen molar-refractivity contribution in [1.29, 1.82) is 0 Å². The fourth-order valence-corrected chi connectivity index (χ4v) is 3.75. The molecule has 0 saturated heterocycles. The molecule has 0 aliphatic rings. The molecule has 0 aliphatic heterocycles. The second-order valence-corrected chi connectivity index (χ2v) is 8.92. The van der Waals surface area contributed by atoms with Gasteiger partial charge in [0.2, 0.25) is 0 Å². The molecule has 0 unspecified atom stereocenters. The predicted octanol–water partition coefficient (Wildman–Crippen LogP) is 5.36. The van der Waals surface area contributed by atoms with Crippen LogP contribution in [0.15, 0.2) is 56.9 Å². The van der Waals surface area contributed by atoms with Crippen molar-refractivity contribution in [3.63, 3.8) is 0 Å². The van der Waals surface area contributed by atoms with Crippen molar-refractivity contribution < 1.29 is 16.5 Å². The molecule has 2 aromatic heterocycles. The van der Waals surface area contributed by atoms with Crippen molar-refractivity contribution in [2.75, 3.05) is 0 Å². The molecule has 184 valence electrons. The zero-order valence-corrected chi connectivity index (χ0v) is 23.5. The van der Waals surface area contributed by atoms with E-state index in [4.69, 9.17) is 71.7 Å². The van der Waals surface area contributed by atoms with Crippen LogP contribution in [0.2, 0.25) is 20.1 Å². The first kappa shape index (κ1) is 29.4. The summed E-state index contributed by atoms with van der Waals surface area (Å²) in [4.78, 5) is 0. The van der Waals surface area contributed by atoms with Gasteiger partial charge in [0, 0.05) is 31.5 Å². The van der Waals surface area contributed by atoms with Crippen molar-refractivity contribution in [2.45, 2.75) is 24.2 Å². The van der Waals surface area contributed by atoms with Gasteiger partial charge in [0.15, 0.2) is 0 Å². The zero-order valence-electron chi connectivity index (χ0n) is 17.8. The van der Waals surface area contributed by atoms with E-state index in [9.17, 15) is 0 Å². The summed E-state index contributed by atoms with van der Waals surface area (Å²) in [5, 5.41) is 26.2. The van der Waals surface area contributed by atoms with Gasteiger partial charge in [0.05, 0.1) is 22.5 Å². The predicted molar refractivity (Wildman–Crippen MR) is 140 cm³/mol. The number of halogens is 4. The summed E-state index contributed by atoms with van der Waals surface area (Å²) >= 11 is 33.5. The van der Waals surface area contributed by atoms with E-state index in [1.807, 2.05) is 0 Å².